The van der Waals surface area contributed by atoms with E-state index in [0.29, 0.717) is 11.5 Å². The van der Waals surface area contributed by atoms with Gasteiger partial charge in [0.05, 0.1) is 0 Å². The van der Waals surface area contributed by atoms with Crippen molar-refractivity contribution in [2.75, 3.05) is 26.7 Å². The minimum atomic E-state index is 0.00449. The van der Waals surface area contributed by atoms with Gasteiger partial charge in [-0.25, -0.2) is 0 Å². The third-order valence-corrected chi connectivity index (χ3v) is 4.67. The summed E-state index contributed by atoms with van der Waals surface area (Å²) in [6.45, 7) is 9.86. The quantitative estimate of drug-likeness (QED) is 0.791. The number of amides is 1. The molecule has 19 heavy (non-hydrogen) atoms. The first-order valence-electron chi connectivity index (χ1n) is 7.61. The summed E-state index contributed by atoms with van der Waals surface area (Å²) in [5, 5.41) is 6.16. The molecule has 2 fully saturated rings. The van der Waals surface area contributed by atoms with Crippen LogP contribution in [0.4, 0.5) is 0 Å². The molecule has 1 heterocycles. The van der Waals surface area contributed by atoms with Gasteiger partial charge in [-0.1, -0.05) is 20.8 Å². The van der Waals surface area contributed by atoms with Gasteiger partial charge in [-0.05, 0) is 30.6 Å². The fourth-order valence-corrected chi connectivity index (χ4v) is 4.12. The smallest absolute Gasteiger partial charge is 0.238 e. The van der Waals surface area contributed by atoms with Crippen LogP contribution in [-0.2, 0) is 4.79 Å². The van der Waals surface area contributed by atoms with E-state index in [4.69, 9.17) is 0 Å². The predicted molar refractivity (Wildman–Crippen MR) is 78.0 cm³/mol. The van der Waals surface area contributed by atoms with Gasteiger partial charge in [-0.3, -0.25) is 9.69 Å². The molecule has 0 aromatic rings. The second-order valence-electron chi connectivity index (χ2n) is 7.14. The highest BCUT2D eigenvalue weighted by atomic mass is 16.2. The van der Waals surface area contributed by atoms with Crippen LogP contribution in [0.3, 0.4) is 0 Å². The van der Waals surface area contributed by atoms with Crippen LogP contribution in [0.5, 0.6) is 0 Å². The number of carbonyl (C=O) groups is 1. The molecule has 4 heteroatoms. The lowest BCUT2D eigenvalue weighted by Gasteiger charge is -2.47. The number of piperazine rings is 1. The van der Waals surface area contributed by atoms with Crippen molar-refractivity contribution >= 4 is 5.91 Å². The number of hydrogen-bond donors (Lipinski definition) is 2. The van der Waals surface area contributed by atoms with Gasteiger partial charge >= 0.3 is 0 Å². The molecule has 0 aromatic carbocycles. The largest absolute Gasteiger partial charge is 0.358 e. The first-order chi connectivity index (χ1) is 8.93. The summed E-state index contributed by atoms with van der Waals surface area (Å²) in [6, 6.07) is 0.563. The standard InChI is InChI=1S/C15H29N3O/c1-11-7-12(9-15(2,3)8-11)18-6-5-17-10-13(18)14(19)16-4/h11-13,17H,5-10H2,1-4H3,(H,16,19). The molecule has 1 saturated heterocycles. The average molecular weight is 267 g/mol. The lowest BCUT2D eigenvalue weighted by Crippen LogP contribution is -2.61. The van der Waals surface area contributed by atoms with Crippen LogP contribution in [0.25, 0.3) is 0 Å². The molecule has 0 bridgehead atoms. The topological polar surface area (TPSA) is 44.4 Å². The van der Waals surface area contributed by atoms with Crippen molar-refractivity contribution in [3.05, 3.63) is 0 Å². The summed E-state index contributed by atoms with van der Waals surface area (Å²) in [6.07, 6.45) is 3.75. The Bertz CT molecular complexity index is 329. The molecule has 110 valence electrons. The van der Waals surface area contributed by atoms with Crippen LogP contribution in [-0.4, -0.2) is 49.6 Å². The Morgan fingerprint density at radius 3 is 2.74 bits per heavy atom. The second-order valence-corrected chi connectivity index (χ2v) is 7.14. The number of likely N-dealkylation sites (N-methyl/N-ethyl adjacent to an activating group) is 1. The maximum Gasteiger partial charge on any atom is 0.238 e. The second kappa shape index (κ2) is 5.80. The van der Waals surface area contributed by atoms with E-state index in [1.54, 1.807) is 7.05 Å². The summed E-state index contributed by atoms with van der Waals surface area (Å²) in [4.78, 5) is 14.5. The lowest BCUT2D eigenvalue weighted by atomic mass is 9.70. The van der Waals surface area contributed by atoms with Crippen LogP contribution in [0.1, 0.15) is 40.0 Å². The molecule has 3 atom stereocenters. The van der Waals surface area contributed by atoms with Gasteiger partial charge in [-0.2, -0.15) is 0 Å². The van der Waals surface area contributed by atoms with Crippen LogP contribution < -0.4 is 10.6 Å². The highest BCUT2D eigenvalue weighted by Gasteiger charge is 2.39. The van der Waals surface area contributed by atoms with E-state index < -0.39 is 0 Å². The number of carbonyl (C=O) groups excluding carboxylic acids is 1. The Morgan fingerprint density at radius 1 is 1.37 bits per heavy atom. The van der Waals surface area contributed by atoms with Gasteiger partial charge < -0.3 is 10.6 Å². The van der Waals surface area contributed by atoms with E-state index in [9.17, 15) is 4.79 Å². The molecule has 2 rings (SSSR count). The number of nitrogens with one attached hydrogen (secondary N) is 2. The van der Waals surface area contributed by atoms with Gasteiger partial charge in [0.15, 0.2) is 0 Å². The zero-order chi connectivity index (χ0) is 14.0. The zero-order valence-corrected chi connectivity index (χ0v) is 12.8. The van der Waals surface area contributed by atoms with Crippen LogP contribution >= 0.6 is 0 Å². The Balaban J connectivity index is 2.11. The molecule has 1 saturated carbocycles. The molecule has 3 unspecified atom stereocenters. The van der Waals surface area contributed by atoms with Gasteiger partial charge in [0.25, 0.3) is 0 Å². The van der Waals surface area contributed by atoms with Gasteiger partial charge in [-0.15, -0.1) is 0 Å². The molecule has 2 N–H and O–H groups in total. The van der Waals surface area contributed by atoms with Crippen molar-refractivity contribution in [2.45, 2.75) is 52.1 Å². The highest BCUT2D eigenvalue weighted by molar-refractivity contribution is 5.81. The van der Waals surface area contributed by atoms with Crippen molar-refractivity contribution in [2.24, 2.45) is 11.3 Å². The van der Waals surface area contributed by atoms with Crippen LogP contribution in [0.15, 0.2) is 0 Å². The maximum absolute atomic E-state index is 12.1. The minimum absolute atomic E-state index is 0.00449. The van der Waals surface area contributed by atoms with E-state index in [-0.39, 0.29) is 11.9 Å². The van der Waals surface area contributed by atoms with Crippen molar-refractivity contribution < 1.29 is 4.79 Å². The first-order valence-corrected chi connectivity index (χ1v) is 7.61. The summed E-state index contributed by atoms with van der Waals surface area (Å²) in [5.41, 5.74) is 0.403. The third-order valence-electron chi connectivity index (χ3n) is 4.67. The Labute approximate surface area is 117 Å². The van der Waals surface area contributed by atoms with E-state index >= 15 is 0 Å². The van der Waals surface area contributed by atoms with E-state index in [2.05, 4.69) is 36.3 Å². The molecular weight excluding hydrogens is 238 g/mol. The Hall–Kier alpha value is -0.610. The molecular formula is C15H29N3O. The van der Waals surface area contributed by atoms with Gasteiger partial charge in [0.2, 0.25) is 5.91 Å². The molecule has 0 radical (unpaired) electrons. The normalized spacial score (nSPS) is 35.9. The zero-order valence-electron chi connectivity index (χ0n) is 12.8. The molecule has 1 aliphatic heterocycles. The fraction of sp³-hybridized carbons (Fsp3) is 0.933. The summed E-state index contributed by atoms with van der Waals surface area (Å²) >= 11 is 0. The Kier molecular flexibility index (Phi) is 4.51. The van der Waals surface area contributed by atoms with E-state index in [1.165, 1.54) is 19.3 Å². The molecule has 0 aromatic heterocycles. The number of rotatable bonds is 2. The van der Waals surface area contributed by atoms with Crippen LogP contribution in [0, 0.1) is 11.3 Å². The van der Waals surface area contributed by atoms with Crippen molar-refractivity contribution in [3.63, 3.8) is 0 Å². The highest BCUT2D eigenvalue weighted by Crippen LogP contribution is 2.40. The molecule has 0 spiro atoms. The molecule has 4 nitrogen and oxygen atoms in total. The van der Waals surface area contributed by atoms with Gasteiger partial charge in [0, 0.05) is 32.7 Å². The maximum atomic E-state index is 12.1. The minimum Gasteiger partial charge on any atom is -0.358 e. The number of hydrogen-bond acceptors (Lipinski definition) is 3. The number of nitrogens with zero attached hydrogens (tertiary/aromatic N) is 1. The van der Waals surface area contributed by atoms with Gasteiger partial charge in [0.1, 0.15) is 6.04 Å². The summed E-state index contributed by atoms with van der Waals surface area (Å²) < 4.78 is 0. The van der Waals surface area contributed by atoms with Crippen molar-refractivity contribution in [3.8, 4) is 0 Å². The van der Waals surface area contributed by atoms with Crippen molar-refractivity contribution in [1.82, 2.24) is 15.5 Å². The first kappa shape index (κ1) is 14.8. The molecule has 1 amide bonds. The average Bonchev–Trinajstić information content (AvgIpc) is 2.35. The third kappa shape index (κ3) is 3.48. The molecule has 1 aliphatic carbocycles. The SMILES string of the molecule is CNC(=O)C1CNCCN1C1CC(C)CC(C)(C)C1. The van der Waals surface area contributed by atoms with Crippen molar-refractivity contribution in [1.29, 1.82) is 0 Å². The predicted octanol–water partition coefficient (Wildman–Crippen LogP) is 1.22. The summed E-state index contributed by atoms with van der Waals surface area (Å²) in [5.74, 6) is 0.914. The fourth-order valence-electron chi connectivity index (χ4n) is 4.12. The monoisotopic (exact) mass is 267 g/mol. The Morgan fingerprint density at radius 2 is 2.11 bits per heavy atom. The van der Waals surface area contributed by atoms with E-state index in [0.717, 1.165) is 25.6 Å². The lowest BCUT2D eigenvalue weighted by molar-refractivity contribution is -0.128. The molecule has 2 aliphatic rings. The van der Waals surface area contributed by atoms with Crippen LogP contribution in [0.2, 0.25) is 0 Å². The van der Waals surface area contributed by atoms with E-state index in [1.807, 2.05) is 0 Å². The summed E-state index contributed by atoms with van der Waals surface area (Å²) in [7, 11) is 1.74.